The lowest BCUT2D eigenvalue weighted by molar-refractivity contribution is -0.124. The number of alkyl halides is 1. The first-order chi connectivity index (χ1) is 8.12. The molecule has 1 aliphatic carbocycles. The van der Waals surface area contributed by atoms with Crippen LogP contribution in [-0.2, 0) is 9.53 Å². The van der Waals surface area contributed by atoms with E-state index in [2.05, 4.69) is 5.32 Å². The predicted molar refractivity (Wildman–Crippen MR) is 61.8 cm³/mol. The number of nitrogens with two attached hydrogens (primary N) is 1. The maximum Gasteiger partial charge on any atom is 0.229 e. The van der Waals surface area contributed by atoms with E-state index >= 15 is 0 Å². The highest BCUT2D eigenvalue weighted by atomic mass is 19.1. The number of halogens is 1. The molecule has 1 heterocycles. The SMILES string of the molecule is NC(=O)C1C=CC=CC1(F)NC1CCOCC1. The third-order valence-electron chi connectivity index (χ3n) is 3.16. The molecule has 2 aliphatic rings. The van der Waals surface area contributed by atoms with Crippen LogP contribution in [-0.4, -0.2) is 31.0 Å². The van der Waals surface area contributed by atoms with Gasteiger partial charge in [-0.1, -0.05) is 18.2 Å². The van der Waals surface area contributed by atoms with Gasteiger partial charge < -0.3 is 10.5 Å². The zero-order valence-corrected chi connectivity index (χ0v) is 9.56. The maximum atomic E-state index is 14.7. The van der Waals surface area contributed by atoms with E-state index in [-0.39, 0.29) is 6.04 Å². The summed E-state index contributed by atoms with van der Waals surface area (Å²) in [6, 6.07) is 0.0201. The average Bonchev–Trinajstić information content (AvgIpc) is 2.30. The van der Waals surface area contributed by atoms with Crippen molar-refractivity contribution >= 4 is 5.91 Å². The van der Waals surface area contributed by atoms with Crippen molar-refractivity contribution in [2.75, 3.05) is 13.2 Å². The van der Waals surface area contributed by atoms with Crippen molar-refractivity contribution in [3.05, 3.63) is 24.3 Å². The fourth-order valence-corrected chi connectivity index (χ4v) is 2.21. The van der Waals surface area contributed by atoms with E-state index in [4.69, 9.17) is 10.5 Å². The Morgan fingerprint density at radius 1 is 1.41 bits per heavy atom. The van der Waals surface area contributed by atoms with Crippen LogP contribution < -0.4 is 11.1 Å². The number of primary amides is 1. The molecule has 5 heteroatoms. The summed E-state index contributed by atoms with van der Waals surface area (Å²) >= 11 is 0. The normalized spacial score (nSPS) is 33.8. The Hall–Kier alpha value is -1.20. The van der Waals surface area contributed by atoms with E-state index in [1.54, 1.807) is 12.2 Å². The number of carbonyl (C=O) groups excluding carboxylic acids is 1. The van der Waals surface area contributed by atoms with Crippen molar-refractivity contribution in [2.24, 2.45) is 11.7 Å². The molecule has 17 heavy (non-hydrogen) atoms. The summed E-state index contributed by atoms with van der Waals surface area (Å²) in [6.45, 7) is 1.24. The molecule has 3 N–H and O–H groups in total. The summed E-state index contributed by atoms with van der Waals surface area (Å²) in [6.07, 6.45) is 7.57. The Bertz CT molecular complexity index is 350. The van der Waals surface area contributed by atoms with Crippen LogP contribution in [0.15, 0.2) is 24.3 Å². The summed E-state index contributed by atoms with van der Waals surface area (Å²) in [7, 11) is 0. The zero-order chi connectivity index (χ0) is 12.3. The Kier molecular flexibility index (Phi) is 3.59. The predicted octanol–water partition coefficient (Wildman–Crippen LogP) is 0.648. The Morgan fingerprint density at radius 2 is 2.12 bits per heavy atom. The zero-order valence-electron chi connectivity index (χ0n) is 9.56. The number of amides is 1. The number of allylic oxidation sites excluding steroid dienone is 2. The summed E-state index contributed by atoms with van der Waals surface area (Å²) in [5.74, 6) is -3.48. The number of carbonyl (C=O) groups is 1. The minimum Gasteiger partial charge on any atom is -0.381 e. The smallest absolute Gasteiger partial charge is 0.229 e. The van der Waals surface area contributed by atoms with Gasteiger partial charge in [0.05, 0.1) is 0 Å². The van der Waals surface area contributed by atoms with Crippen LogP contribution in [0.5, 0.6) is 0 Å². The van der Waals surface area contributed by atoms with Gasteiger partial charge in [0, 0.05) is 19.3 Å². The Labute approximate surface area is 99.7 Å². The van der Waals surface area contributed by atoms with Crippen LogP contribution in [0.3, 0.4) is 0 Å². The van der Waals surface area contributed by atoms with Crippen LogP contribution in [0.2, 0.25) is 0 Å². The van der Waals surface area contributed by atoms with Gasteiger partial charge >= 0.3 is 0 Å². The average molecular weight is 240 g/mol. The molecule has 2 rings (SSSR count). The van der Waals surface area contributed by atoms with Crippen molar-refractivity contribution in [1.82, 2.24) is 5.32 Å². The van der Waals surface area contributed by atoms with E-state index in [1.165, 1.54) is 12.2 Å². The van der Waals surface area contributed by atoms with Crippen molar-refractivity contribution in [1.29, 1.82) is 0 Å². The molecule has 0 aromatic rings. The lowest BCUT2D eigenvalue weighted by atomic mass is 9.90. The van der Waals surface area contributed by atoms with E-state index < -0.39 is 17.6 Å². The first kappa shape index (κ1) is 12.3. The summed E-state index contributed by atoms with van der Waals surface area (Å²) < 4.78 is 19.9. The second kappa shape index (κ2) is 4.98. The van der Waals surface area contributed by atoms with Crippen molar-refractivity contribution in [3.8, 4) is 0 Å². The van der Waals surface area contributed by atoms with Gasteiger partial charge in [0.15, 0.2) is 5.79 Å². The second-order valence-corrected chi connectivity index (χ2v) is 4.42. The fourth-order valence-electron chi connectivity index (χ4n) is 2.21. The number of nitrogens with one attached hydrogen (secondary N) is 1. The first-order valence-corrected chi connectivity index (χ1v) is 5.81. The van der Waals surface area contributed by atoms with E-state index in [9.17, 15) is 9.18 Å². The summed E-state index contributed by atoms with van der Waals surface area (Å²) in [5, 5.41) is 2.88. The largest absolute Gasteiger partial charge is 0.381 e. The molecular formula is C12H17FN2O2. The van der Waals surface area contributed by atoms with Crippen molar-refractivity contribution in [2.45, 2.75) is 24.7 Å². The molecule has 0 radical (unpaired) electrons. The summed E-state index contributed by atoms with van der Waals surface area (Å²) in [4.78, 5) is 11.2. The highest BCUT2D eigenvalue weighted by molar-refractivity contribution is 5.80. The van der Waals surface area contributed by atoms with Crippen LogP contribution in [0.1, 0.15) is 12.8 Å². The number of rotatable bonds is 3. The standard InChI is InChI=1S/C12H17FN2O2/c13-12(15-9-4-7-17-8-5-9)6-2-1-3-10(12)11(14)16/h1-3,6,9-10,15H,4-5,7-8H2,(H2,14,16). The van der Waals surface area contributed by atoms with Crippen molar-refractivity contribution < 1.29 is 13.9 Å². The topological polar surface area (TPSA) is 64.4 Å². The molecule has 1 fully saturated rings. The molecule has 0 aromatic heterocycles. The molecule has 0 spiro atoms. The molecule has 4 nitrogen and oxygen atoms in total. The lowest BCUT2D eigenvalue weighted by Gasteiger charge is -2.35. The van der Waals surface area contributed by atoms with Gasteiger partial charge in [0.25, 0.3) is 0 Å². The van der Waals surface area contributed by atoms with Gasteiger partial charge in [-0.2, -0.15) is 0 Å². The van der Waals surface area contributed by atoms with Crippen LogP contribution in [0.25, 0.3) is 0 Å². The molecule has 0 aromatic carbocycles. The molecule has 0 bridgehead atoms. The quantitative estimate of drug-likeness (QED) is 0.712. The lowest BCUT2D eigenvalue weighted by Crippen LogP contribution is -2.55. The molecule has 1 saturated heterocycles. The molecule has 2 atom stereocenters. The van der Waals surface area contributed by atoms with E-state index in [0.717, 1.165) is 12.8 Å². The molecule has 0 saturated carbocycles. The Morgan fingerprint density at radius 3 is 2.76 bits per heavy atom. The molecule has 2 unspecified atom stereocenters. The van der Waals surface area contributed by atoms with E-state index in [1.807, 2.05) is 0 Å². The van der Waals surface area contributed by atoms with Gasteiger partial charge in [-0.3, -0.25) is 10.1 Å². The Balaban J connectivity index is 2.07. The van der Waals surface area contributed by atoms with Gasteiger partial charge in [0.1, 0.15) is 5.92 Å². The highest BCUT2D eigenvalue weighted by Crippen LogP contribution is 2.28. The fraction of sp³-hybridized carbons (Fsp3) is 0.583. The van der Waals surface area contributed by atoms with Gasteiger partial charge in [-0.25, -0.2) is 4.39 Å². The monoisotopic (exact) mass is 240 g/mol. The van der Waals surface area contributed by atoms with Crippen LogP contribution in [0.4, 0.5) is 4.39 Å². The molecular weight excluding hydrogens is 223 g/mol. The third kappa shape index (κ3) is 2.73. The molecule has 94 valence electrons. The minimum atomic E-state index is -1.87. The number of hydrogen-bond donors (Lipinski definition) is 2. The second-order valence-electron chi connectivity index (χ2n) is 4.42. The molecule has 1 amide bonds. The van der Waals surface area contributed by atoms with Gasteiger partial charge in [0.2, 0.25) is 5.91 Å². The first-order valence-electron chi connectivity index (χ1n) is 5.81. The highest BCUT2D eigenvalue weighted by Gasteiger charge is 2.41. The van der Waals surface area contributed by atoms with Gasteiger partial charge in [-0.05, 0) is 18.9 Å². The summed E-state index contributed by atoms with van der Waals surface area (Å²) in [5.41, 5.74) is 5.22. The van der Waals surface area contributed by atoms with Crippen LogP contribution >= 0.6 is 0 Å². The van der Waals surface area contributed by atoms with Crippen LogP contribution in [0, 0.1) is 5.92 Å². The number of ether oxygens (including phenoxy) is 1. The molecule has 1 aliphatic heterocycles. The minimum absolute atomic E-state index is 0.0201. The van der Waals surface area contributed by atoms with Gasteiger partial charge in [-0.15, -0.1) is 0 Å². The third-order valence-corrected chi connectivity index (χ3v) is 3.16. The van der Waals surface area contributed by atoms with Crippen molar-refractivity contribution in [3.63, 3.8) is 0 Å². The number of hydrogen-bond acceptors (Lipinski definition) is 3. The maximum absolute atomic E-state index is 14.7. The van der Waals surface area contributed by atoms with E-state index in [0.29, 0.717) is 13.2 Å².